The third-order valence-corrected chi connectivity index (χ3v) is 3.26. The molecule has 1 heterocycles. The number of hydrogen-bond donors (Lipinski definition) is 0. The standard InChI is InChI=1S/C11H25BO2/c1-7-12(8-2)13-10(3,4)9-11(5,6)14-12/h13H,7-9H2,1-6H3. The molecule has 14 heavy (non-hydrogen) atoms. The van der Waals surface area contributed by atoms with Gasteiger partial charge in [0, 0.05) is 25.9 Å². The van der Waals surface area contributed by atoms with Crippen LogP contribution in [-0.4, -0.2) is 22.4 Å². The van der Waals surface area contributed by atoms with Crippen LogP contribution < -0.4 is 0 Å². The van der Waals surface area contributed by atoms with Crippen molar-refractivity contribution >= 4 is 6.55 Å². The number of aliphatic hydroxyl groups is 1. The Hall–Kier alpha value is -0.0151. The third kappa shape index (κ3) is 2.51. The van der Waals surface area contributed by atoms with Crippen molar-refractivity contribution in [2.45, 2.75) is 71.8 Å². The summed E-state index contributed by atoms with van der Waals surface area (Å²) in [5.41, 5.74) is 0.0606. The molecule has 0 saturated carbocycles. The van der Waals surface area contributed by atoms with Gasteiger partial charge in [-0.3, -0.25) is 0 Å². The topological polar surface area (TPSA) is 22.0 Å². The molecule has 0 aliphatic carbocycles. The summed E-state index contributed by atoms with van der Waals surface area (Å²) in [5, 5.41) is 0. The normalized spacial score (nSPS) is 28.7. The van der Waals surface area contributed by atoms with Crippen molar-refractivity contribution in [1.29, 1.82) is 0 Å². The van der Waals surface area contributed by atoms with E-state index in [9.17, 15) is 0 Å². The van der Waals surface area contributed by atoms with E-state index in [1.54, 1.807) is 0 Å². The van der Waals surface area contributed by atoms with E-state index in [0.717, 1.165) is 19.1 Å². The molecule has 0 radical (unpaired) electrons. The van der Waals surface area contributed by atoms with Crippen LogP contribution in [0.2, 0.25) is 12.6 Å². The first kappa shape index (κ1) is 12.1. The summed E-state index contributed by atoms with van der Waals surface area (Å²) in [6, 6.07) is 0. The van der Waals surface area contributed by atoms with Gasteiger partial charge in [-0.1, -0.05) is 26.5 Å². The zero-order valence-electron chi connectivity index (χ0n) is 10.6. The summed E-state index contributed by atoms with van der Waals surface area (Å²) in [4.78, 5) is 0. The van der Waals surface area contributed by atoms with Gasteiger partial charge >= 0.3 is 6.55 Å². The van der Waals surface area contributed by atoms with Crippen molar-refractivity contribution in [2.75, 3.05) is 0 Å². The average Bonchev–Trinajstić information content (AvgIpc) is 1.98. The summed E-state index contributed by atoms with van der Waals surface area (Å²) < 4.78 is 11.1. The van der Waals surface area contributed by atoms with E-state index in [4.69, 9.17) is 9.31 Å². The molecule has 0 spiro atoms. The molecule has 1 fully saturated rings. The SMILES string of the molecule is CC[B-]1(CC)OC(C)(C)CC(C)(C)[OH+]1. The Morgan fingerprint density at radius 3 is 2.00 bits per heavy atom. The molecule has 3 heteroatoms. The van der Waals surface area contributed by atoms with Crippen LogP contribution in [0.4, 0.5) is 0 Å². The van der Waals surface area contributed by atoms with Crippen molar-refractivity contribution in [3.63, 3.8) is 0 Å². The Bertz CT molecular complexity index is 189. The zero-order valence-corrected chi connectivity index (χ0v) is 10.6. The lowest BCUT2D eigenvalue weighted by Crippen LogP contribution is -2.62. The zero-order chi connectivity index (χ0) is 11.0. The Balaban J connectivity index is 2.90. The molecule has 0 bridgehead atoms. The molecular formula is C11H25BO2. The van der Waals surface area contributed by atoms with Crippen LogP contribution in [0.1, 0.15) is 48.0 Å². The highest BCUT2D eigenvalue weighted by Crippen LogP contribution is 2.38. The van der Waals surface area contributed by atoms with Crippen LogP contribution in [-0.2, 0) is 4.65 Å². The predicted molar refractivity (Wildman–Crippen MR) is 62.8 cm³/mol. The van der Waals surface area contributed by atoms with E-state index in [1.165, 1.54) is 0 Å². The minimum absolute atomic E-state index is 0.0166. The molecule has 84 valence electrons. The van der Waals surface area contributed by atoms with E-state index in [-0.39, 0.29) is 11.2 Å². The molecule has 0 aromatic heterocycles. The molecule has 0 amide bonds. The van der Waals surface area contributed by atoms with E-state index in [1.807, 2.05) is 0 Å². The molecule has 1 rings (SSSR count). The van der Waals surface area contributed by atoms with Gasteiger partial charge in [0.25, 0.3) is 0 Å². The summed E-state index contributed by atoms with van der Waals surface area (Å²) >= 11 is 0. The van der Waals surface area contributed by atoms with Crippen LogP contribution in [0.3, 0.4) is 0 Å². The molecule has 1 saturated heterocycles. The van der Waals surface area contributed by atoms with Crippen molar-refractivity contribution in [3.8, 4) is 0 Å². The largest absolute Gasteiger partial charge is 0.654 e. The Morgan fingerprint density at radius 2 is 1.64 bits per heavy atom. The molecule has 1 aliphatic heterocycles. The Labute approximate surface area is 88.3 Å². The first-order chi connectivity index (χ1) is 6.24. The molecular weight excluding hydrogens is 175 g/mol. The molecule has 0 aromatic rings. The van der Waals surface area contributed by atoms with Crippen molar-refractivity contribution < 1.29 is 9.31 Å². The third-order valence-electron chi connectivity index (χ3n) is 3.26. The van der Waals surface area contributed by atoms with Crippen LogP contribution in [0.25, 0.3) is 0 Å². The van der Waals surface area contributed by atoms with Crippen LogP contribution in [0, 0.1) is 0 Å². The van der Waals surface area contributed by atoms with Gasteiger partial charge in [-0.15, -0.1) is 0 Å². The van der Waals surface area contributed by atoms with Crippen LogP contribution in [0.5, 0.6) is 0 Å². The second-order valence-electron chi connectivity index (χ2n) is 5.90. The lowest BCUT2D eigenvalue weighted by Gasteiger charge is -2.54. The Kier molecular flexibility index (Phi) is 3.04. The summed E-state index contributed by atoms with van der Waals surface area (Å²) in [6.07, 6.45) is 3.08. The van der Waals surface area contributed by atoms with Crippen molar-refractivity contribution in [3.05, 3.63) is 0 Å². The smallest absolute Gasteiger partial charge is 0.424 e. The van der Waals surface area contributed by atoms with Gasteiger partial charge in [-0.05, 0) is 13.8 Å². The van der Waals surface area contributed by atoms with Gasteiger partial charge in [-0.2, -0.15) is 0 Å². The lowest BCUT2D eigenvalue weighted by atomic mass is 9.50. The van der Waals surface area contributed by atoms with Crippen molar-refractivity contribution in [2.24, 2.45) is 0 Å². The van der Waals surface area contributed by atoms with Gasteiger partial charge in [0.1, 0.15) is 5.60 Å². The summed E-state index contributed by atoms with van der Waals surface area (Å²) in [5.74, 6) is 0. The maximum atomic E-state index is 6.19. The first-order valence-corrected chi connectivity index (χ1v) is 5.86. The van der Waals surface area contributed by atoms with Gasteiger partial charge in [0.05, 0.1) is 0 Å². The van der Waals surface area contributed by atoms with Gasteiger partial charge < -0.3 is 9.31 Å². The van der Waals surface area contributed by atoms with Gasteiger partial charge in [0.2, 0.25) is 0 Å². The predicted octanol–water partition coefficient (Wildman–Crippen LogP) is 2.97. The highest BCUT2D eigenvalue weighted by atomic mass is 16.6. The fourth-order valence-corrected chi connectivity index (χ4v) is 3.02. The second-order valence-corrected chi connectivity index (χ2v) is 5.90. The van der Waals surface area contributed by atoms with Gasteiger partial charge in [0.15, 0.2) is 0 Å². The fraction of sp³-hybridized carbons (Fsp3) is 1.00. The summed E-state index contributed by atoms with van der Waals surface area (Å²) in [6.45, 7) is 12.3. The van der Waals surface area contributed by atoms with E-state index in [0.29, 0.717) is 0 Å². The quantitative estimate of drug-likeness (QED) is 0.496. The summed E-state index contributed by atoms with van der Waals surface area (Å²) in [7, 11) is 0. The fourth-order valence-electron chi connectivity index (χ4n) is 3.02. The molecule has 0 atom stereocenters. The van der Waals surface area contributed by atoms with E-state index in [2.05, 4.69) is 41.5 Å². The molecule has 0 aromatic carbocycles. The van der Waals surface area contributed by atoms with E-state index < -0.39 is 6.55 Å². The minimum atomic E-state index is -0.934. The highest BCUT2D eigenvalue weighted by Gasteiger charge is 2.48. The van der Waals surface area contributed by atoms with Crippen LogP contribution in [0.15, 0.2) is 0 Å². The maximum absolute atomic E-state index is 6.19. The molecule has 1 N–H and O–H groups in total. The van der Waals surface area contributed by atoms with Crippen molar-refractivity contribution in [1.82, 2.24) is 0 Å². The first-order valence-electron chi connectivity index (χ1n) is 5.86. The monoisotopic (exact) mass is 200 g/mol. The highest BCUT2D eigenvalue weighted by molar-refractivity contribution is 6.66. The minimum Gasteiger partial charge on any atom is -0.654 e. The molecule has 0 unspecified atom stereocenters. The lowest BCUT2D eigenvalue weighted by molar-refractivity contribution is -0.170. The second kappa shape index (κ2) is 3.53. The average molecular weight is 200 g/mol. The molecule has 1 aliphatic rings. The number of hydrogen-bond acceptors (Lipinski definition) is 1. The molecule has 2 nitrogen and oxygen atoms in total. The van der Waals surface area contributed by atoms with Crippen LogP contribution >= 0.6 is 0 Å². The van der Waals surface area contributed by atoms with Gasteiger partial charge in [-0.25, -0.2) is 0 Å². The maximum Gasteiger partial charge on any atom is 0.424 e. The van der Waals surface area contributed by atoms with E-state index >= 15 is 0 Å². The Morgan fingerprint density at radius 1 is 1.14 bits per heavy atom. The number of rotatable bonds is 2.